The second kappa shape index (κ2) is 11.1. The van der Waals surface area contributed by atoms with Gasteiger partial charge in [-0.1, -0.05) is 32.8 Å². The van der Waals surface area contributed by atoms with Crippen LogP contribution in [0, 0.1) is 18.3 Å². The molecule has 0 saturated carbocycles. The molecule has 25 heavy (non-hydrogen) atoms. The van der Waals surface area contributed by atoms with Crippen LogP contribution in [0.5, 0.6) is 5.75 Å². The molecule has 0 aliphatic heterocycles. The number of nitriles is 1. The van der Waals surface area contributed by atoms with Crippen LogP contribution in [0.3, 0.4) is 0 Å². The smallest absolute Gasteiger partial charge is 0.267 e. The number of hydrogen-bond acceptors (Lipinski definition) is 4. The van der Waals surface area contributed by atoms with Crippen molar-refractivity contribution in [2.75, 3.05) is 25.5 Å². The van der Waals surface area contributed by atoms with Crippen LogP contribution in [0.1, 0.15) is 45.1 Å². The van der Waals surface area contributed by atoms with Gasteiger partial charge < -0.3 is 15.0 Å². The molecular weight excluding hydrogens is 314 g/mol. The molecule has 136 valence electrons. The van der Waals surface area contributed by atoms with Gasteiger partial charge in [0.2, 0.25) is 0 Å². The molecule has 0 fully saturated rings. The fraction of sp³-hybridized carbons (Fsp3) is 0.500. The van der Waals surface area contributed by atoms with Crippen molar-refractivity contribution >= 4 is 11.6 Å². The summed E-state index contributed by atoms with van der Waals surface area (Å²) in [6.07, 6.45) is 5.90. The Morgan fingerprint density at radius 2 is 1.92 bits per heavy atom. The average Bonchev–Trinajstić information content (AvgIpc) is 2.61. The van der Waals surface area contributed by atoms with Gasteiger partial charge in [-0.3, -0.25) is 4.79 Å². The first kappa shape index (κ1) is 20.6. The first-order valence-corrected chi connectivity index (χ1v) is 8.87. The highest BCUT2D eigenvalue weighted by Crippen LogP contribution is 2.25. The van der Waals surface area contributed by atoms with Gasteiger partial charge in [-0.25, -0.2) is 0 Å². The van der Waals surface area contributed by atoms with Crippen LogP contribution in [0.15, 0.2) is 30.0 Å². The zero-order valence-corrected chi connectivity index (χ0v) is 15.8. The molecule has 5 nitrogen and oxygen atoms in total. The number of anilines is 1. The lowest BCUT2D eigenvalue weighted by Gasteiger charge is -2.20. The monoisotopic (exact) mass is 343 g/mol. The molecule has 1 amide bonds. The van der Waals surface area contributed by atoms with E-state index in [2.05, 4.69) is 24.1 Å². The van der Waals surface area contributed by atoms with Gasteiger partial charge in [-0.2, -0.15) is 5.26 Å². The highest BCUT2D eigenvalue weighted by atomic mass is 16.5. The van der Waals surface area contributed by atoms with Crippen LogP contribution in [0.4, 0.5) is 5.69 Å². The molecule has 1 aromatic carbocycles. The fourth-order valence-corrected chi connectivity index (χ4v) is 2.39. The number of carbonyl (C=O) groups excluding carboxylic acids is 1. The molecule has 0 radical (unpaired) electrons. The summed E-state index contributed by atoms with van der Waals surface area (Å²) in [6, 6.07) is 7.57. The Labute approximate surface area is 151 Å². The molecule has 0 bridgehead atoms. The lowest BCUT2D eigenvalue weighted by Crippen LogP contribution is -2.23. The summed E-state index contributed by atoms with van der Waals surface area (Å²) in [5.74, 6) is 0.162. The van der Waals surface area contributed by atoms with Gasteiger partial charge in [0.25, 0.3) is 5.91 Å². The Kier molecular flexibility index (Phi) is 9.16. The number of benzene rings is 1. The number of unbranched alkanes of at least 4 members (excludes halogenated alkanes) is 2. The Morgan fingerprint density at radius 1 is 1.28 bits per heavy atom. The van der Waals surface area contributed by atoms with E-state index in [0.29, 0.717) is 11.4 Å². The third-order valence-corrected chi connectivity index (χ3v) is 3.88. The maximum atomic E-state index is 12.5. The van der Waals surface area contributed by atoms with Gasteiger partial charge in [-0.05, 0) is 37.5 Å². The minimum Gasteiger partial charge on any atom is -0.495 e. The van der Waals surface area contributed by atoms with Crippen LogP contribution < -0.4 is 10.1 Å². The minimum atomic E-state index is -0.413. The molecule has 0 atom stereocenters. The van der Waals surface area contributed by atoms with Crippen molar-refractivity contribution in [3.63, 3.8) is 0 Å². The third-order valence-electron chi connectivity index (χ3n) is 3.88. The van der Waals surface area contributed by atoms with Crippen molar-refractivity contribution in [3.05, 3.63) is 35.5 Å². The van der Waals surface area contributed by atoms with E-state index < -0.39 is 5.91 Å². The van der Waals surface area contributed by atoms with Gasteiger partial charge >= 0.3 is 0 Å². The SMILES string of the molecule is CCCCN(/C=C(/C#N)C(=O)Nc1cc(C)ccc1OC)CCCC. The first-order valence-electron chi connectivity index (χ1n) is 8.87. The van der Waals surface area contributed by atoms with E-state index in [-0.39, 0.29) is 5.57 Å². The summed E-state index contributed by atoms with van der Waals surface area (Å²) >= 11 is 0. The minimum absolute atomic E-state index is 0.107. The van der Waals surface area contributed by atoms with Crippen LogP contribution in [0.25, 0.3) is 0 Å². The zero-order chi connectivity index (χ0) is 18.7. The Hall–Kier alpha value is -2.48. The van der Waals surface area contributed by atoms with Crippen LogP contribution in [-0.2, 0) is 4.79 Å². The summed E-state index contributed by atoms with van der Waals surface area (Å²) in [7, 11) is 1.55. The van der Waals surface area contributed by atoms with Gasteiger partial charge in [0.05, 0.1) is 12.8 Å². The summed E-state index contributed by atoms with van der Waals surface area (Å²) in [4.78, 5) is 14.6. The molecule has 1 rings (SSSR count). The van der Waals surface area contributed by atoms with E-state index in [4.69, 9.17) is 4.74 Å². The molecule has 5 heteroatoms. The molecular formula is C20H29N3O2. The predicted octanol–water partition coefficient (Wildman–Crippen LogP) is 4.25. The Balaban J connectivity index is 2.94. The molecule has 0 saturated heterocycles. The number of ether oxygens (including phenoxy) is 1. The molecule has 1 N–H and O–H groups in total. The fourth-order valence-electron chi connectivity index (χ4n) is 2.39. The number of methoxy groups -OCH3 is 1. The normalized spacial score (nSPS) is 10.9. The number of amides is 1. The van der Waals surface area contributed by atoms with Gasteiger partial charge in [0.15, 0.2) is 0 Å². The largest absolute Gasteiger partial charge is 0.495 e. The number of carbonyl (C=O) groups is 1. The van der Waals surface area contributed by atoms with Gasteiger partial charge in [0, 0.05) is 19.3 Å². The topological polar surface area (TPSA) is 65.4 Å². The van der Waals surface area contributed by atoms with Gasteiger partial charge in [0.1, 0.15) is 17.4 Å². The Bertz CT molecular complexity index is 624. The number of aryl methyl sites for hydroxylation is 1. The first-order chi connectivity index (χ1) is 12.0. The van der Waals surface area contributed by atoms with Crippen molar-refractivity contribution in [1.29, 1.82) is 5.26 Å². The molecule has 0 aliphatic carbocycles. The highest BCUT2D eigenvalue weighted by molar-refractivity contribution is 6.07. The molecule has 1 aromatic rings. The van der Waals surface area contributed by atoms with Crippen molar-refractivity contribution in [3.8, 4) is 11.8 Å². The standard InChI is InChI=1S/C20H29N3O2/c1-5-7-11-23(12-8-6-2)15-17(14-21)20(24)22-18-13-16(3)9-10-19(18)25-4/h9-10,13,15H,5-8,11-12H2,1-4H3,(H,22,24)/b17-15-. The molecule has 0 spiro atoms. The quantitative estimate of drug-likeness (QED) is 0.509. The van der Waals surface area contributed by atoms with Crippen LogP contribution in [-0.4, -0.2) is 31.0 Å². The maximum Gasteiger partial charge on any atom is 0.267 e. The zero-order valence-electron chi connectivity index (χ0n) is 15.8. The van der Waals surface area contributed by atoms with Crippen molar-refractivity contribution < 1.29 is 9.53 Å². The van der Waals surface area contributed by atoms with E-state index >= 15 is 0 Å². The van der Waals surface area contributed by atoms with Gasteiger partial charge in [-0.15, -0.1) is 0 Å². The van der Waals surface area contributed by atoms with Crippen LogP contribution in [0.2, 0.25) is 0 Å². The number of nitrogens with zero attached hydrogens (tertiary/aromatic N) is 2. The lowest BCUT2D eigenvalue weighted by atomic mass is 10.2. The summed E-state index contributed by atoms with van der Waals surface area (Å²) in [5.41, 5.74) is 1.68. The number of rotatable bonds is 10. The number of nitrogens with one attached hydrogen (secondary N) is 1. The maximum absolute atomic E-state index is 12.5. The van der Waals surface area contributed by atoms with Crippen molar-refractivity contribution in [1.82, 2.24) is 4.90 Å². The summed E-state index contributed by atoms with van der Waals surface area (Å²) < 4.78 is 5.27. The highest BCUT2D eigenvalue weighted by Gasteiger charge is 2.14. The average molecular weight is 343 g/mol. The second-order valence-corrected chi connectivity index (χ2v) is 6.06. The molecule has 0 heterocycles. The lowest BCUT2D eigenvalue weighted by molar-refractivity contribution is -0.112. The van der Waals surface area contributed by atoms with Crippen molar-refractivity contribution in [2.45, 2.75) is 46.5 Å². The molecule has 0 aliphatic rings. The van der Waals surface area contributed by atoms with E-state index in [1.165, 1.54) is 0 Å². The second-order valence-electron chi connectivity index (χ2n) is 6.06. The third kappa shape index (κ3) is 6.88. The number of hydrogen-bond donors (Lipinski definition) is 1. The summed E-state index contributed by atoms with van der Waals surface area (Å²) in [6.45, 7) is 7.89. The van der Waals surface area contributed by atoms with Crippen LogP contribution >= 0.6 is 0 Å². The van der Waals surface area contributed by atoms with E-state index in [9.17, 15) is 10.1 Å². The Morgan fingerprint density at radius 3 is 2.44 bits per heavy atom. The predicted molar refractivity (Wildman–Crippen MR) is 101 cm³/mol. The van der Waals surface area contributed by atoms with E-state index in [1.807, 2.05) is 25.1 Å². The summed E-state index contributed by atoms with van der Waals surface area (Å²) in [5, 5.41) is 12.2. The molecule has 0 aromatic heterocycles. The van der Waals surface area contributed by atoms with Crippen molar-refractivity contribution in [2.24, 2.45) is 0 Å². The van der Waals surface area contributed by atoms with E-state index in [0.717, 1.165) is 44.3 Å². The van der Waals surface area contributed by atoms with E-state index in [1.54, 1.807) is 19.4 Å². The molecule has 0 unspecified atom stereocenters.